The molecule has 1 aromatic rings. The maximum atomic E-state index is 11.6. The Labute approximate surface area is 96.9 Å². The molecule has 1 rings (SSSR count). The zero-order valence-electron chi connectivity index (χ0n) is 10.5. The van der Waals surface area contributed by atoms with Gasteiger partial charge in [0.2, 0.25) is 11.9 Å². The standard InChI is InChI=1S/C12H21N3O/c1-9(8-12(2,3)4)7-10(16)15-11-13-5-6-14-11/h5-6,9H,7-8H2,1-4H3,(H2,13,14,15,16). The Bertz CT molecular complexity index is 325. The molecule has 0 fully saturated rings. The lowest BCUT2D eigenvalue weighted by atomic mass is 9.84. The zero-order valence-corrected chi connectivity index (χ0v) is 10.5. The smallest absolute Gasteiger partial charge is 0.226 e. The molecule has 1 amide bonds. The van der Waals surface area contributed by atoms with E-state index < -0.39 is 0 Å². The molecule has 1 heterocycles. The van der Waals surface area contributed by atoms with Gasteiger partial charge in [-0.05, 0) is 17.8 Å². The molecular weight excluding hydrogens is 202 g/mol. The van der Waals surface area contributed by atoms with Crippen molar-refractivity contribution in [2.45, 2.75) is 40.5 Å². The Morgan fingerprint density at radius 1 is 1.56 bits per heavy atom. The number of hydrogen-bond donors (Lipinski definition) is 2. The van der Waals surface area contributed by atoms with E-state index in [9.17, 15) is 4.79 Å². The summed E-state index contributed by atoms with van der Waals surface area (Å²) in [5.41, 5.74) is 0.268. The minimum absolute atomic E-state index is 0.0201. The highest BCUT2D eigenvalue weighted by Gasteiger charge is 2.17. The van der Waals surface area contributed by atoms with E-state index in [0.29, 0.717) is 18.3 Å². The lowest BCUT2D eigenvalue weighted by Crippen LogP contribution is -2.19. The SMILES string of the molecule is CC(CC(=O)Nc1ncc[nH]1)CC(C)(C)C. The van der Waals surface area contributed by atoms with Crippen molar-refractivity contribution in [3.05, 3.63) is 12.4 Å². The van der Waals surface area contributed by atoms with Gasteiger partial charge in [0, 0.05) is 18.8 Å². The molecule has 16 heavy (non-hydrogen) atoms. The summed E-state index contributed by atoms with van der Waals surface area (Å²) < 4.78 is 0. The number of aromatic nitrogens is 2. The Kier molecular flexibility index (Phi) is 4.10. The number of imidazole rings is 1. The second kappa shape index (κ2) is 5.14. The van der Waals surface area contributed by atoms with Gasteiger partial charge >= 0.3 is 0 Å². The van der Waals surface area contributed by atoms with E-state index in [-0.39, 0.29) is 11.3 Å². The fourth-order valence-corrected chi connectivity index (χ4v) is 1.95. The molecule has 0 spiro atoms. The van der Waals surface area contributed by atoms with Gasteiger partial charge in [0.15, 0.2) is 0 Å². The van der Waals surface area contributed by atoms with Crippen LogP contribution in [0, 0.1) is 11.3 Å². The van der Waals surface area contributed by atoms with Crippen molar-refractivity contribution in [2.24, 2.45) is 11.3 Å². The first-order chi connectivity index (χ1) is 7.37. The van der Waals surface area contributed by atoms with E-state index in [1.165, 1.54) is 0 Å². The van der Waals surface area contributed by atoms with Gasteiger partial charge in [-0.1, -0.05) is 27.7 Å². The number of rotatable bonds is 4. The summed E-state index contributed by atoms with van der Waals surface area (Å²) in [6.45, 7) is 8.67. The van der Waals surface area contributed by atoms with Crippen LogP contribution in [0.15, 0.2) is 12.4 Å². The number of H-pyrrole nitrogens is 1. The van der Waals surface area contributed by atoms with Crippen molar-refractivity contribution in [1.29, 1.82) is 0 Å². The van der Waals surface area contributed by atoms with Crippen molar-refractivity contribution in [1.82, 2.24) is 9.97 Å². The molecule has 1 unspecified atom stereocenters. The Morgan fingerprint density at radius 2 is 2.25 bits per heavy atom. The largest absolute Gasteiger partial charge is 0.331 e. The Hall–Kier alpha value is -1.32. The predicted octanol–water partition coefficient (Wildman–Crippen LogP) is 2.81. The summed E-state index contributed by atoms with van der Waals surface area (Å²) in [7, 11) is 0. The third kappa shape index (κ3) is 4.96. The highest BCUT2D eigenvalue weighted by atomic mass is 16.1. The number of carbonyl (C=O) groups is 1. The molecule has 4 nitrogen and oxygen atoms in total. The van der Waals surface area contributed by atoms with Gasteiger partial charge in [0.1, 0.15) is 0 Å². The number of amides is 1. The quantitative estimate of drug-likeness (QED) is 0.824. The summed E-state index contributed by atoms with van der Waals surface area (Å²) in [4.78, 5) is 18.4. The van der Waals surface area contributed by atoms with Crippen LogP contribution in [0.25, 0.3) is 0 Å². The normalized spacial score (nSPS) is 13.5. The van der Waals surface area contributed by atoms with Gasteiger partial charge in [0.25, 0.3) is 0 Å². The zero-order chi connectivity index (χ0) is 12.2. The number of hydrogen-bond acceptors (Lipinski definition) is 2. The summed E-state index contributed by atoms with van der Waals surface area (Å²) in [6.07, 6.45) is 4.89. The van der Waals surface area contributed by atoms with Crippen molar-refractivity contribution in [3.63, 3.8) is 0 Å². The number of nitrogens with zero attached hydrogens (tertiary/aromatic N) is 1. The average Bonchev–Trinajstić information content (AvgIpc) is 2.51. The molecule has 0 radical (unpaired) electrons. The van der Waals surface area contributed by atoms with E-state index in [1.807, 2.05) is 0 Å². The number of nitrogens with one attached hydrogen (secondary N) is 2. The Balaban J connectivity index is 2.34. The topological polar surface area (TPSA) is 57.8 Å². The number of aromatic amines is 1. The van der Waals surface area contributed by atoms with E-state index >= 15 is 0 Å². The first-order valence-electron chi connectivity index (χ1n) is 5.66. The summed E-state index contributed by atoms with van der Waals surface area (Å²) in [5.74, 6) is 0.926. The van der Waals surface area contributed by atoms with Crippen LogP contribution in [0.5, 0.6) is 0 Å². The minimum atomic E-state index is 0.0201. The summed E-state index contributed by atoms with van der Waals surface area (Å²) in [6, 6.07) is 0. The predicted molar refractivity (Wildman–Crippen MR) is 65.1 cm³/mol. The second-order valence-electron chi connectivity index (χ2n) is 5.56. The maximum Gasteiger partial charge on any atom is 0.226 e. The van der Waals surface area contributed by atoms with Gasteiger partial charge in [-0.25, -0.2) is 4.98 Å². The highest BCUT2D eigenvalue weighted by Crippen LogP contribution is 2.25. The fraction of sp³-hybridized carbons (Fsp3) is 0.667. The molecule has 1 atom stereocenters. The monoisotopic (exact) mass is 223 g/mol. The molecule has 90 valence electrons. The summed E-state index contributed by atoms with van der Waals surface area (Å²) in [5, 5.41) is 2.73. The van der Waals surface area contributed by atoms with Gasteiger partial charge in [-0.2, -0.15) is 0 Å². The lowest BCUT2D eigenvalue weighted by Gasteiger charge is -2.22. The third-order valence-corrected chi connectivity index (χ3v) is 2.25. The van der Waals surface area contributed by atoms with Crippen LogP contribution in [0.3, 0.4) is 0 Å². The average molecular weight is 223 g/mol. The van der Waals surface area contributed by atoms with Crippen LogP contribution < -0.4 is 5.32 Å². The van der Waals surface area contributed by atoms with Gasteiger partial charge < -0.3 is 4.98 Å². The van der Waals surface area contributed by atoms with Crippen LogP contribution in [-0.4, -0.2) is 15.9 Å². The molecule has 0 aliphatic rings. The van der Waals surface area contributed by atoms with Crippen molar-refractivity contribution < 1.29 is 4.79 Å². The van der Waals surface area contributed by atoms with E-state index in [0.717, 1.165) is 6.42 Å². The van der Waals surface area contributed by atoms with E-state index in [4.69, 9.17) is 0 Å². The first kappa shape index (κ1) is 12.7. The van der Waals surface area contributed by atoms with Gasteiger partial charge in [-0.15, -0.1) is 0 Å². The molecular formula is C12H21N3O. The van der Waals surface area contributed by atoms with Gasteiger partial charge in [0.05, 0.1) is 0 Å². The highest BCUT2D eigenvalue weighted by molar-refractivity contribution is 5.89. The molecule has 0 bridgehead atoms. The Morgan fingerprint density at radius 3 is 2.75 bits per heavy atom. The van der Waals surface area contributed by atoms with Crippen molar-refractivity contribution in [3.8, 4) is 0 Å². The molecule has 0 saturated carbocycles. The molecule has 4 heteroatoms. The van der Waals surface area contributed by atoms with Crippen molar-refractivity contribution >= 4 is 11.9 Å². The third-order valence-electron chi connectivity index (χ3n) is 2.25. The first-order valence-corrected chi connectivity index (χ1v) is 5.66. The number of carbonyl (C=O) groups excluding carboxylic acids is 1. The second-order valence-corrected chi connectivity index (χ2v) is 5.56. The molecule has 1 aromatic heterocycles. The maximum absolute atomic E-state index is 11.6. The minimum Gasteiger partial charge on any atom is -0.331 e. The molecule has 0 saturated heterocycles. The van der Waals surface area contributed by atoms with Crippen molar-refractivity contribution in [2.75, 3.05) is 5.32 Å². The van der Waals surface area contributed by atoms with Crippen LogP contribution in [0.2, 0.25) is 0 Å². The van der Waals surface area contributed by atoms with Crippen LogP contribution in [-0.2, 0) is 4.79 Å². The lowest BCUT2D eigenvalue weighted by molar-refractivity contribution is -0.117. The molecule has 0 aliphatic carbocycles. The molecule has 2 N–H and O–H groups in total. The number of anilines is 1. The summed E-state index contributed by atoms with van der Waals surface area (Å²) >= 11 is 0. The fourth-order valence-electron chi connectivity index (χ4n) is 1.95. The molecule has 0 aliphatic heterocycles. The van der Waals surface area contributed by atoms with E-state index in [1.54, 1.807) is 12.4 Å². The van der Waals surface area contributed by atoms with Crippen LogP contribution in [0.4, 0.5) is 5.95 Å². The van der Waals surface area contributed by atoms with Crippen LogP contribution >= 0.6 is 0 Å². The van der Waals surface area contributed by atoms with Crippen LogP contribution in [0.1, 0.15) is 40.5 Å². The van der Waals surface area contributed by atoms with Gasteiger partial charge in [-0.3, -0.25) is 10.1 Å². The molecule has 0 aromatic carbocycles. The van der Waals surface area contributed by atoms with E-state index in [2.05, 4.69) is 43.0 Å².